The number of thiophene rings is 1. The fraction of sp³-hybridized carbons (Fsp3) is 0.200. The van der Waals surface area contributed by atoms with Crippen LogP contribution in [0.4, 0.5) is 5.69 Å². The summed E-state index contributed by atoms with van der Waals surface area (Å²) in [5.41, 5.74) is 0.739. The molecule has 0 aliphatic rings. The third-order valence-corrected chi connectivity index (χ3v) is 4.40. The van der Waals surface area contributed by atoms with Gasteiger partial charge in [-0.05, 0) is 24.4 Å². The topological polar surface area (TPSA) is 83.1 Å². The second-order valence-corrected chi connectivity index (χ2v) is 5.87. The van der Waals surface area contributed by atoms with Gasteiger partial charge in [0.15, 0.2) is 5.82 Å². The van der Waals surface area contributed by atoms with Gasteiger partial charge < -0.3 is 9.30 Å². The van der Waals surface area contributed by atoms with Gasteiger partial charge >= 0.3 is 0 Å². The number of hydrogen-bond donors (Lipinski definition) is 0. The number of aromatic nitrogens is 3. The maximum absolute atomic E-state index is 11.0. The smallest absolute Gasteiger partial charge is 0.270 e. The van der Waals surface area contributed by atoms with E-state index < -0.39 is 4.92 Å². The molecule has 8 heteroatoms. The lowest BCUT2D eigenvalue weighted by molar-refractivity contribution is -0.384. The first-order chi connectivity index (χ1) is 11.1. The van der Waals surface area contributed by atoms with Crippen LogP contribution in [0.15, 0.2) is 35.7 Å². The number of ether oxygens (including phenoxy) is 1. The molecule has 0 bridgehead atoms. The minimum Gasteiger partial charge on any atom is -0.485 e. The normalized spacial score (nSPS) is 10.7. The van der Waals surface area contributed by atoms with E-state index >= 15 is 0 Å². The first kappa shape index (κ1) is 15.2. The van der Waals surface area contributed by atoms with Crippen molar-refractivity contribution < 1.29 is 9.66 Å². The molecular formula is C15H14N4O3S. The van der Waals surface area contributed by atoms with Gasteiger partial charge in [0, 0.05) is 29.6 Å². The van der Waals surface area contributed by atoms with E-state index in [1.807, 2.05) is 36.1 Å². The van der Waals surface area contributed by atoms with Crippen LogP contribution in [-0.2, 0) is 13.7 Å². The van der Waals surface area contributed by atoms with Crippen LogP contribution in [0, 0.1) is 17.0 Å². The summed E-state index contributed by atoms with van der Waals surface area (Å²) in [6.45, 7) is 2.10. The molecular weight excluding hydrogens is 316 g/mol. The fourth-order valence-corrected chi connectivity index (χ4v) is 2.85. The monoisotopic (exact) mass is 330 g/mol. The average Bonchev–Trinajstić information content (AvgIpc) is 3.17. The van der Waals surface area contributed by atoms with Crippen molar-refractivity contribution in [1.82, 2.24) is 14.8 Å². The third-order valence-electron chi connectivity index (χ3n) is 3.50. The summed E-state index contributed by atoms with van der Waals surface area (Å²) < 4.78 is 7.68. The minimum atomic E-state index is -0.410. The fourth-order valence-electron chi connectivity index (χ4n) is 2.10. The molecule has 0 saturated carbocycles. The first-order valence-electron chi connectivity index (χ1n) is 6.86. The van der Waals surface area contributed by atoms with Gasteiger partial charge in [0.2, 0.25) is 0 Å². The highest BCUT2D eigenvalue weighted by molar-refractivity contribution is 7.13. The molecule has 0 unspecified atom stereocenters. The number of benzene rings is 1. The molecule has 0 aliphatic carbocycles. The Hall–Kier alpha value is -2.74. The molecule has 0 fully saturated rings. The van der Waals surface area contributed by atoms with Gasteiger partial charge in [0.05, 0.1) is 4.92 Å². The molecule has 0 saturated heterocycles. The molecule has 7 nitrogen and oxygen atoms in total. The van der Waals surface area contributed by atoms with E-state index in [4.69, 9.17) is 4.74 Å². The molecule has 2 heterocycles. The first-order valence-corrected chi connectivity index (χ1v) is 7.74. The molecule has 3 aromatic rings. The summed E-state index contributed by atoms with van der Waals surface area (Å²) in [6, 6.07) is 8.39. The van der Waals surface area contributed by atoms with Crippen LogP contribution in [0.3, 0.4) is 0 Å². The number of non-ortho nitro benzene ring substituents is 1. The van der Waals surface area contributed by atoms with Crippen molar-refractivity contribution in [3.8, 4) is 16.2 Å². The molecule has 3 rings (SSSR count). The van der Waals surface area contributed by atoms with Crippen LogP contribution < -0.4 is 4.74 Å². The van der Waals surface area contributed by atoms with E-state index in [2.05, 4.69) is 10.2 Å². The zero-order chi connectivity index (χ0) is 16.4. The standard InChI is InChI=1S/C15H14N4O3S/c1-10-16-17-15(18(10)2)9-22-13-6-5-11(19(20)21)8-12(13)14-4-3-7-23-14/h3-8H,9H2,1-2H3. The van der Waals surface area contributed by atoms with Gasteiger partial charge in [-0.2, -0.15) is 0 Å². The predicted octanol–water partition coefficient (Wildman–Crippen LogP) is 3.34. The van der Waals surface area contributed by atoms with Crippen LogP contribution in [0.2, 0.25) is 0 Å². The van der Waals surface area contributed by atoms with Crippen LogP contribution in [0.5, 0.6) is 5.75 Å². The van der Waals surface area contributed by atoms with Crippen LogP contribution in [0.1, 0.15) is 11.6 Å². The molecule has 2 aromatic heterocycles. The van der Waals surface area contributed by atoms with Gasteiger partial charge in [0.25, 0.3) is 5.69 Å². The lowest BCUT2D eigenvalue weighted by atomic mass is 10.1. The Bertz CT molecular complexity index is 843. The molecule has 0 radical (unpaired) electrons. The number of nitrogens with zero attached hydrogens (tertiary/aromatic N) is 4. The lowest BCUT2D eigenvalue weighted by Gasteiger charge is -2.10. The van der Waals surface area contributed by atoms with Crippen molar-refractivity contribution in [3.63, 3.8) is 0 Å². The van der Waals surface area contributed by atoms with Gasteiger partial charge in [-0.25, -0.2) is 0 Å². The van der Waals surface area contributed by atoms with Gasteiger partial charge in [-0.3, -0.25) is 10.1 Å². The van der Waals surface area contributed by atoms with E-state index in [-0.39, 0.29) is 12.3 Å². The van der Waals surface area contributed by atoms with Crippen molar-refractivity contribution in [2.45, 2.75) is 13.5 Å². The van der Waals surface area contributed by atoms with E-state index in [0.717, 1.165) is 10.7 Å². The molecule has 118 valence electrons. The Morgan fingerprint density at radius 3 is 2.78 bits per heavy atom. The number of hydrogen-bond acceptors (Lipinski definition) is 6. The number of nitro groups is 1. The molecule has 1 aromatic carbocycles. The van der Waals surface area contributed by atoms with Gasteiger partial charge in [-0.15, -0.1) is 21.5 Å². The molecule has 0 amide bonds. The summed E-state index contributed by atoms with van der Waals surface area (Å²) in [6.07, 6.45) is 0. The number of nitro benzene ring substituents is 1. The zero-order valence-electron chi connectivity index (χ0n) is 12.6. The second kappa shape index (κ2) is 6.17. The van der Waals surface area contributed by atoms with Crippen molar-refractivity contribution in [3.05, 3.63) is 57.5 Å². The predicted molar refractivity (Wildman–Crippen MR) is 86.5 cm³/mol. The Balaban J connectivity index is 1.92. The number of aryl methyl sites for hydroxylation is 1. The Morgan fingerprint density at radius 2 is 2.17 bits per heavy atom. The van der Waals surface area contributed by atoms with Gasteiger partial charge in [0.1, 0.15) is 18.2 Å². The second-order valence-electron chi connectivity index (χ2n) is 4.93. The van der Waals surface area contributed by atoms with E-state index in [1.54, 1.807) is 6.07 Å². The van der Waals surface area contributed by atoms with Crippen LogP contribution >= 0.6 is 11.3 Å². The van der Waals surface area contributed by atoms with E-state index in [0.29, 0.717) is 17.1 Å². The van der Waals surface area contributed by atoms with E-state index in [9.17, 15) is 10.1 Å². The Kier molecular flexibility index (Phi) is 4.07. The molecule has 0 aliphatic heterocycles. The van der Waals surface area contributed by atoms with Crippen LogP contribution in [0.25, 0.3) is 10.4 Å². The highest BCUT2D eigenvalue weighted by Crippen LogP contribution is 2.36. The van der Waals surface area contributed by atoms with Crippen LogP contribution in [-0.4, -0.2) is 19.7 Å². The minimum absolute atomic E-state index is 0.0373. The Morgan fingerprint density at radius 1 is 1.35 bits per heavy atom. The molecule has 23 heavy (non-hydrogen) atoms. The number of rotatable bonds is 5. The highest BCUT2D eigenvalue weighted by atomic mass is 32.1. The quantitative estimate of drug-likeness (QED) is 0.529. The summed E-state index contributed by atoms with van der Waals surface area (Å²) in [4.78, 5) is 11.5. The third kappa shape index (κ3) is 3.07. The van der Waals surface area contributed by atoms with Crippen molar-refractivity contribution in [2.75, 3.05) is 0 Å². The largest absolute Gasteiger partial charge is 0.485 e. The van der Waals surface area contributed by atoms with E-state index in [1.165, 1.54) is 23.5 Å². The molecule has 0 atom stereocenters. The highest BCUT2D eigenvalue weighted by Gasteiger charge is 2.15. The molecule has 0 spiro atoms. The summed E-state index contributed by atoms with van der Waals surface area (Å²) in [5, 5.41) is 21.0. The SMILES string of the molecule is Cc1nnc(COc2ccc([N+](=O)[O-])cc2-c2cccs2)n1C. The van der Waals surface area contributed by atoms with Crippen molar-refractivity contribution in [1.29, 1.82) is 0 Å². The summed E-state index contributed by atoms with van der Waals surface area (Å²) in [7, 11) is 1.87. The Labute approximate surface area is 136 Å². The summed E-state index contributed by atoms with van der Waals surface area (Å²) >= 11 is 1.50. The summed E-state index contributed by atoms with van der Waals surface area (Å²) in [5.74, 6) is 2.07. The maximum atomic E-state index is 11.0. The average molecular weight is 330 g/mol. The maximum Gasteiger partial charge on any atom is 0.270 e. The van der Waals surface area contributed by atoms with Crippen molar-refractivity contribution >= 4 is 17.0 Å². The van der Waals surface area contributed by atoms with Crippen molar-refractivity contribution in [2.24, 2.45) is 7.05 Å². The van der Waals surface area contributed by atoms with Gasteiger partial charge in [-0.1, -0.05) is 6.07 Å². The lowest BCUT2D eigenvalue weighted by Crippen LogP contribution is -2.05. The zero-order valence-corrected chi connectivity index (χ0v) is 13.4. The molecule has 0 N–H and O–H groups in total.